The third kappa shape index (κ3) is 3.40. The first-order chi connectivity index (χ1) is 9.04. The number of rotatable bonds is 6. The molecule has 0 radical (unpaired) electrons. The standard InChI is InChI=1S/C11H15N3O2S3/c1-8-7-18-9(5-12-2)11(8)19(15,16)14-6-10-13-3-4-17-10/h3-4,7,12,14H,5-6H2,1-2H3. The number of nitrogens with one attached hydrogen (secondary N) is 2. The molecule has 0 aliphatic heterocycles. The van der Waals surface area contributed by atoms with Gasteiger partial charge in [-0.1, -0.05) is 0 Å². The van der Waals surface area contributed by atoms with Crippen LogP contribution in [0.4, 0.5) is 0 Å². The van der Waals surface area contributed by atoms with Crippen LogP contribution in [0.25, 0.3) is 0 Å². The normalized spacial score (nSPS) is 11.9. The summed E-state index contributed by atoms with van der Waals surface area (Å²) in [6.45, 7) is 2.59. The molecule has 0 fully saturated rings. The van der Waals surface area contributed by atoms with Crippen molar-refractivity contribution in [1.82, 2.24) is 15.0 Å². The maximum atomic E-state index is 12.3. The largest absolute Gasteiger partial charge is 0.315 e. The summed E-state index contributed by atoms with van der Waals surface area (Å²) in [6, 6.07) is 0. The maximum absolute atomic E-state index is 12.3. The van der Waals surface area contributed by atoms with Crippen molar-refractivity contribution in [2.45, 2.75) is 24.9 Å². The van der Waals surface area contributed by atoms with Crippen LogP contribution in [-0.4, -0.2) is 20.4 Å². The Bertz CT molecular complexity index is 632. The Hall–Kier alpha value is -0.800. The summed E-state index contributed by atoms with van der Waals surface area (Å²) in [6.07, 6.45) is 1.66. The lowest BCUT2D eigenvalue weighted by Crippen LogP contribution is -2.25. The van der Waals surface area contributed by atoms with Gasteiger partial charge in [-0.05, 0) is 24.9 Å². The van der Waals surface area contributed by atoms with Crippen molar-refractivity contribution in [3.8, 4) is 0 Å². The summed E-state index contributed by atoms with van der Waals surface area (Å²) >= 11 is 2.89. The Morgan fingerprint density at radius 3 is 2.74 bits per heavy atom. The van der Waals surface area contributed by atoms with E-state index in [1.54, 1.807) is 13.2 Å². The first kappa shape index (κ1) is 14.6. The monoisotopic (exact) mass is 317 g/mol. The van der Waals surface area contributed by atoms with Crippen LogP contribution in [0.3, 0.4) is 0 Å². The molecule has 2 aromatic heterocycles. The number of aromatic nitrogens is 1. The van der Waals surface area contributed by atoms with Crippen LogP contribution in [0.2, 0.25) is 0 Å². The van der Waals surface area contributed by atoms with E-state index >= 15 is 0 Å². The van der Waals surface area contributed by atoms with Crippen molar-refractivity contribution < 1.29 is 8.42 Å². The highest BCUT2D eigenvalue weighted by molar-refractivity contribution is 7.89. The van der Waals surface area contributed by atoms with Crippen molar-refractivity contribution in [2.75, 3.05) is 7.05 Å². The number of aryl methyl sites for hydroxylation is 1. The van der Waals surface area contributed by atoms with Gasteiger partial charge in [0.1, 0.15) is 9.90 Å². The van der Waals surface area contributed by atoms with Gasteiger partial charge in [-0.25, -0.2) is 18.1 Å². The predicted molar refractivity (Wildman–Crippen MR) is 78.0 cm³/mol. The number of sulfonamides is 1. The second-order valence-electron chi connectivity index (χ2n) is 3.95. The highest BCUT2D eigenvalue weighted by atomic mass is 32.2. The zero-order chi connectivity index (χ0) is 13.9. The van der Waals surface area contributed by atoms with E-state index in [4.69, 9.17) is 0 Å². The average molecular weight is 317 g/mol. The molecule has 0 amide bonds. The number of hydrogen-bond acceptors (Lipinski definition) is 6. The van der Waals surface area contributed by atoms with Crippen molar-refractivity contribution in [1.29, 1.82) is 0 Å². The van der Waals surface area contributed by atoms with Crippen LogP contribution in [0.5, 0.6) is 0 Å². The van der Waals surface area contributed by atoms with Gasteiger partial charge in [-0.3, -0.25) is 0 Å². The third-order valence-corrected chi connectivity index (χ3v) is 6.14. The van der Waals surface area contributed by atoms with Gasteiger partial charge in [0.05, 0.1) is 6.54 Å². The molecule has 2 aromatic rings. The van der Waals surface area contributed by atoms with Crippen LogP contribution in [0, 0.1) is 6.92 Å². The van der Waals surface area contributed by atoms with E-state index < -0.39 is 10.0 Å². The predicted octanol–water partition coefficient (Wildman–Crippen LogP) is 1.71. The van der Waals surface area contributed by atoms with E-state index in [1.165, 1.54) is 22.7 Å². The molecule has 2 rings (SSSR count). The molecule has 0 aromatic carbocycles. The van der Waals surface area contributed by atoms with Gasteiger partial charge in [-0.15, -0.1) is 22.7 Å². The molecule has 0 saturated heterocycles. The molecule has 0 unspecified atom stereocenters. The van der Waals surface area contributed by atoms with Gasteiger partial charge in [-0.2, -0.15) is 0 Å². The zero-order valence-electron chi connectivity index (χ0n) is 10.6. The molecule has 5 nitrogen and oxygen atoms in total. The summed E-state index contributed by atoms with van der Waals surface area (Å²) in [5.74, 6) is 0. The summed E-state index contributed by atoms with van der Waals surface area (Å²) < 4.78 is 27.3. The van der Waals surface area contributed by atoms with E-state index in [-0.39, 0.29) is 6.54 Å². The zero-order valence-corrected chi connectivity index (χ0v) is 13.1. The Morgan fingerprint density at radius 1 is 1.32 bits per heavy atom. The van der Waals surface area contributed by atoms with Gasteiger partial charge < -0.3 is 5.32 Å². The minimum atomic E-state index is -3.49. The smallest absolute Gasteiger partial charge is 0.242 e. The molecule has 0 aliphatic carbocycles. The number of nitrogens with zero attached hydrogens (tertiary/aromatic N) is 1. The van der Waals surface area contributed by atoms with E-state index in [0.29, 0.717) is 11.4 Å². The maximum Gasteiger partial charge on any atom is 0.242 e. The van der Waals surface area contributed by atoms with Crippen molar-refractivity contribution >= 4 is 32.7 Å². The molecule has 2 heterocycles. The van der Waals surface area contributed by atoms with Crippen LogP contribution in [0.15, 0.2) is 21.9 Å². The molecular weight excluding hydrogens is 302 g/mol. The van der Waals surface area contributed by atoms with Crippen molar-refractivity contribution in [3.05, 3.63) is 32.4 Å². The summed E-state index contributed by atoms with van der Waals surface area (Å²) in [5, 5.41) is 7.43. The second-order valence-corrected chi connectivity index (χ2v) is 7.60. The van der Waals surface area contributed by atoms with Gasteiger partial charge in [0.2, 0.25) is 10.0 Å². The topological polar surface area (TPSA) is 71.1 Å². The Balaban J connectivity index is 2.21. The van der Waals surface area contributed by atoms with E-state index in [0.717, 1.165) is 15.4 Å². The van der Waals surface area contributed by atoms with Crippen LogP contribution >= 0.6 is 22.7 Å². The molecule has 0 atom stereocenters. The molecule has 19 heavy (non-hydrogen) atoms. The minimum Gasteiger partial charge on any atom is -0.315 e. The van der Waals surface area contributed by atoms with Crippen LogP contribution in [0.1, 0.15) is 15.4 Å². The number of hydrogen-bond donors (Lipinski definition) is 2. The van der Waals surface area contributed by atoms with Gasteiger partial charge in [0, 0.05) is 23.0 Å². The Kier molecular flexibility index (Phi) is 4.69. The third-order valence-electron chi connectivity index (χ3n) is 2.49. The lowest BCUT2D eigenvalue weighted by Gasteiger charge is -2.08. The Labute approximate surface area is 120 Å². The molecule has 104 valence electrons. The fourth-order valence-electron chi connectivity index (χ4n) is 1.70. The van der Waals surface area contributed by atoms with Crippen LogP contribution in [-0.2, 0) is 23.1 Å². The quantitative estimate of drug-likeness (QED) is 0.851. The first-order valence-corrected chi connectivity index (χ1v) is 8.88. The molecule has 2 N–H and O–H groups in total. The van der Waals surface area contributed by atoms with Crippen LogP contribution < -0.4 is 10.0 Å². The summed E-state index contributed by atoms with van der Waals surface area (Å²) in [7, 11) is -1.69. The summed E-state index contributed by atoms with van der Waals surface area (Å²) in [4.78, 5) is 5.28. The first-order valence-electron chi connectivity index (χ1n) is 5.64. The van der Waals surface area contributed by atoms with Crippen molar-refractivity contribution in [2.24, 2.45) is 0 Å². The van der Waals surface area contributed by atoms with Gasteiger partial charge >= 0.3 is 0 Å². The number of thiazole rings is 1. The average Bonchev–Trinajstić information content (AvgIpc) is 2.97. The molecule has 0 spiro atoms. The molecule has 0 bridgehead atoms. The van der Waals surface area contributed by atoms with Gasteiger partial charge in [0.25, 0.3) is 0 Å². The fourth-order valence-corrected chi connectivity index (χ4v) is 5.15. The highest BCUT2D eigenvalue weighted by Gasteiger charge is 2.22. The number of thiophene rings is 1. The van der Waals surface area contributed by atoms with Crippen molar-refractivity contribution in [3.63, 3.8) is 0 Å². The highest BCUT2D eigenvalue weighted by Crippen LogP contribution is 2.26. The molecule has 0 saturated carbocycles. The molecular formula is C11H15N3O2S3. The molecule has 0 aliphatic rings. The SMILES string of the molecule is CNCc1scc(C)c1S(=O)(=O)NCc1nccs1. The summed E-state index contributed by atoms with van der Waals surface area (Å²) in [5.41, 5.74) is 0.780. The van der Waals surface area contributed by atoms with E-state index in [1.807, 2.05) is 17.7 Å². The minimum absolute atomic E-state index is 0.230. The van der Waals surface area contributed by atoms with E-state index in [2.05, 4.69) is 15.0 Å². The lowest BCUT2D eigenvalue weighted by atomic mass is 10.3. The fraction of sp³-hybridized carbons (Fsp3) is 0.364. The van der Waals surface area contributed by atoms with E-state index in [9.17, 15) is 8.42 Å². The second kappa shape index (κ2) is 6.10. The van der Waals surface area contributed by atoms with Gasteiger partial charge in [0.15, 0.2) is 0 Å². The molecule has 8 heteroatoms. The lowest BCUT2D eigenvalue weighted by molar-refractivity contribution is 0.579. The Morgan fingerprint density at radius 2 is 2.11 bits per heavy atom.